The molecule has 0 unspecified atom stereocenters. The van der Waals surface area contributed by atoms with E-state index in [1.54, 1.807) is 0 Å². The molecule has 0 bridgehead atoms. The van der Waals surface area contributed by atoms with Gasteiger partial charge in [0.05, 0.1) is 6.04 Å². The Morgan fingerprint density at radius 1 is 1.32 bits per heavy atom. The molecule has 6 heteroatoms. The summed E-state index contributed by atoms with van der Waals surface area (Å²) in [6.07, 6.45) is -0.276. The van der Waals surface area contributed by atoms with Crippen molar-refractivity contribution >= 4 is 11.9 Å². The number of aromatic nitrogens is 3. The lowest BCUT2D eigenvalue weighted by Gasteiger charge is -2.19. The summed E-state index contributed by atoms with van der Waals surface area (Å²) >= 11 is 0. The van der Waals surface area contributed by atoms with Crippen molar-refractivity contribution in [1.29, 1.82) is 0 Å². The molecule has 1 aromatic heterocycles. The smallest absolute Gasteiger partial charge is 0.228 e. The van der Waals surface area contributed by atoms with Crippen LogP contribution in [-0.4, -0.2) is 15.0 Å². The van der Waals surface area contributed by atoms with Crippen molar-refractivity contribution in [2.75, 3.05) is 11.1 Å². The van der Waals surface area contributed by atoms with Crippen molar-refractivity contribution < 1.29 is 4.39 Å². The van der Waals surface area contributed by atoms with Crippen LogP contribution in [0.2, 0.25) is 0 Å². The number of fused-ring (bicyclic) bond motifs is 1. The number of rotatable bonds is 3. The molecule has 1 aliphatic carbocycles. The Balaban J connectivity index is 1.92. The summed E-state index contributed by atoms with van der Waals surface area (Å²) in [7, 11) is 0. The van der Waals surface area contributed by atoms with E-state index in [0.717, 1.165) is 6.42 Å². The van der Waals surface area contributed by atoms with Crippen molar-refractivity contribution in [3.63, 3.8) is 0 Å². The SMILES string of the molecule is Cc1ccc2c(c1)[C@H](Nc1nc(N)nc([C@@H](C)F)n1)[C@@H](C)C2. The first kappa shape index (κ1) is 14.7. The zero-order valence-electron chi connectivity index (χ0n) is 13.0. The number of halogens is 1. The van der Waals surface area contributed by atoms with Crippen molar-refractivity contribution in [3.8, 4) is 0 Å². The first-order valence-corrected chi connectivity index (χ1v) is 7.45. The minimum atomic E-state index is -1.28. The van der Waals surface area contributed by atoms with E-state index < -0.39 is 6.17 Å². The number of nitrogens with one attached hydrogen (secondary N) is 1. The molecule has 1 heterocycles. The normalized spacial score (nSPS) is 21.5. The van der Waals surface area contributed by atoms with E-state index >= 15 is 0 Å². The molecule has 0 saturated heterocycles. The van der Waals surface area contributed by atoms with Crippen LogP contribution in [0.25, 0.3) is 0 Å². The second kappa shape index (κ2) is 5.51. The van der Waals surface area contributed by atoms with Crippen LogP contribution in [0.5, 0.6) is 0 Å². The van der Waals surface area contributed by atoms with Crippen LogP contribution in [-0.2, 0) is 6.42 Å². The molecular formula is C16H20FN5. The Morgan fingerprint density at radius 3 is 2.82 bits per heavy atom. The van der Waals surface area contributed by atoms with Gasteiger partial charge in [-0.25, -0.2) is 4.39 Å². The fraction of sp³-hybridized carbons (Fsp3) is 0.438. The molecule has 5 nitrogen and oxygen atoms in total. The molecular weight excluding hydrogens is 281 g/mol. The molecule has 22 heavy (non-hydrogen) atoms. The Hall–Kier alpha value is -2.24. The predicted octanol–water partition coefficient (Wildman–Crippen LogP) is 3.14. The third kappa shape index (κ3) is 2.73. The van der Waals surface area contributed by atoms with Crippen LogP contribution < -0.4 is 11.1 Å². The van der Waals surface area contributed by atoms with E-state index in [1.807, 2.05) is 0 Å². The van der Waals surface area contributed by atoms with Crippen molar-refractivity contribution in [2.45, 2.75) is 39.4 Å². The van der Waals surface area contributed by atoms with Crippen molar-refractivity contribution in [2.24, 2.45) is 5.92 Å². The molecule has 0 amide bonds. The highest BCUT2D eigenvalue weighted by Crippen LogP contribution is 2.38. The molecule has 3 atom stereocenters. The number of anilines is 2. The number of benzene rings is 1. The van der Waals surface area contributed by atoms with Gasteiger partial charge in [-0.1, -0.05) is 30.7 Å². The van der Waals surface area contributed by atoms with Gasteiger partial charge in [-0.3, -0.25) is 0 Å². The molecule has 1 aliphatic rings. The van der Waals surface area contributed by atoms with Gasteiger partial charge < -0.3 is 11.1 Å². The van der Waals surface area contributed by atoms with Crippen molar-refractivity contribution in [3.05, 3.63) is 40.7 Å². The van der Waals surface area contributed by atoms with Gasteiger partial charge in [-0.15, -0.1) is 0 Å². The van der Waals surface area contributed by atoms with E-state index in [2.05, 4.69) is 52.3 Å². The summed E-state index contributed by atoms with van der Waals surface area (Å²) in [5.74, 6) is 0.830. The highest BCUT2D eigenvalue weighted by molar-refractivity contribution is 5.44. The van der Waals surface area contributed by atoms with Crippen LogP contribution in [0.4, 0.5) is 16.3 Å². The molecule has 0 saturated carbocycles. The quantitative estimate of drug-likeness (QED) is 0.910. The molecule has 116 valence electrons. The summed E-state index contributed by atoms with van der Waals surface area (Å²) in [6.45, 7) is 5.63. The summed E-state index contributed by atoms with van der Waals surface area (Å²) in [6, 6.07) is 6.57. The third-order valence-corrected chi connectivity index (χ3v) is 4.06. The fourth-order valence-corrected chi connectivity index (χ4v) is 2.97. The third-order valence-electron chi connectivity index (χ3n) is 4.06. The lowest BCUT2D eigenvalue weighted by atomic mass is 10.0. The van der Waals surface area contributed by atoms with Gasteiger partial charge in [0.25, 0.3) is 0 Å². The van der Waals surface area contributed by atoms with Gasteiger partial charge in [-0.05, 0) is 37.3 Å². The number of alkyl halides is 1. The van der Waals surface area contributed by atoms with Gasteiger partial charge in [0.15, 0.2) is 12.0 Å². The summed E-state index contributed by atoms with van der Waals surface area (Å²) < 4.78 is 13.4. The Bertz CT molecular complexity index is 701. The average molecular weight is 301 g/mol. The molecule has 0 radical (unpaired) electrons. The van der Waals surface area contributed by atoms with Gasteiger partial charge in [0, 0.05) is 0 Å². The number of nitrogens with zero attached hydrogens (tertiary/aromatic N) is 3. The van der Waals surface area contributed by atoms with E-state index in [4.69, 9.17) is 5.73 Å². The van der Waals surface area contributed by atoms with Crippen LogP contribution in [0, 0.1) is 12.8 Å². The monoisotopic (exact) mass is 301 g/mol. The number of nitrogen functional groups attached to an aromatic ring is 1. The highest BCUT2D eigenvalue weighted by Gasteiger charge is 2.30. The number of nitrogens with two attached hydrogens (primary N) is 1. The maximum atomic E-state index is 13.4. The second-order valence-corrected chi connectivity index (χ2v) is 6.00. The van der Waals surface area contributed by atoms with Crippen LogP contribution in [0.15, 0.2) is 18.2 Å². The molecule has 2 aromatic rings. The van der Waals surface area contributed by atoms with E-state index in [1.165, 1.54) is 23.6 Å². The number of aryl methyl sites for hydroxylation is 1. The highest BCUT2D eigenvalue weighted by atomic mass is 19.1. The maximum absolute atomic E-state index is 13.4. The first-order valence-electron chi connectivity index (χ1n) is 7.45. The Labute approximate surface area is 129 Å². The topological polar surface area (TPSA) is 76.7 Å². The summed E-state index contributed by atoms with van der Waals surface area (Å²) in [5.41, 5.74) is 9.45. The van der Waals surface area contributed by atoms with E-state index in [0.29, 0.717) is 11.9 Å². The van der Waals surface area contributed by atoms with E-state index in [9.17, 15) is 4.39 Å². The Kier molecular flexibility index (Phi) is 3.68. The minimum absolute atomic E-state index is 0.0344. The fourth-order valence-electron chi connectivity index (χ4n) is 2.97. The van der Waals surface area contributed by atoms with Gasteiger partial charge in [0.1, 0.15) is 0 Å². The van der Waals surface area contributed by atoms with Crippen LogP contribution >= 0.6 is 0 Å². The van der Waals surface area contributed by atoms with Crippen LogP contribution in [0.3, 0.4) is 0 Å². The van der Waals surface area contributed by atoms with Gasteiger partial charge >= 0.3 is 0 Å². The largest absolute Gasteiger partial charge is 0.368 e. The zero-order chi connectivity index (χ0) is 15.9. The number of hydrogen-bond acceptors (Lipinski definition) is 5. The molecule has 0 aliphatic heterocycles. The second-order valence-electron chi connectivity index (χ2n) is 6.00. The molecule has 3 rings (SSSR count). The Morgan fingerprint density at radius 2 is 2.09 bits per heavy atom. The first-order chi connectivity index (χ1) is 10.4. The molecule has 1 aromatic carbocycles. The summed E-state index contributed by atoms with van der Waals surface area (Å²) in [4.78, 5) is 12.1. The number of hydrogen-bond donors (Lipinski definition) is 2. The zero-order valence-corrected chi connectivity index (χ0v) is 13.0. The standard InChI is InChI=1S/C16H20FN5/c1-8-4-5-11-7-9(2)13(12(11)6-8)19-16-21-14(10(3)17)20-15(18)22-16/h4-6,9-10,13H,7H2,1-3H3,(H3,18,19,20,21,22)/t9-,10+,13+/m0/s1. The lowest BCUT2D eigenvalue weighted by Crippen LogP contribution is -2.18. The van der Waals surface area contributed by atoms with E-state index in [-0.39, 0.29) is 17.8 Å². The van der Waals surface area contributed by atoms with Crippen LogP contribution in [0.1, 0.15) is 48.6 Å². The maximum Gasteiger partial charge on any atom is 0.228 e. The summed E-state index contributed by atoms with van der Waals surface area (Å²) in [5, 5.41) is 3.30. The average Bonchev–Trinajstić information content (AvgIpc) is 2.74. The molecule has 3 N–H and O–H groups in total. The lowest BCUT2D eigenvalue weighted by molar-refractivity contribution is 0.356. The molecule has 0 spiro atoms. The predicted molar refractivity (Wildman–Crippen MR) is 84.2 cm³/mol. The van der Waals surface area contributed by atoms with Crippen molar-refractivity contribution in [1.82, 2.24) is 15.0 Å². The minimum Gasteiger partial charge on any atom is -0.368 e. The van der Waals surface area contributed by atoms with Gasteiger partial charge in [-0.2, -0.15) is 15.0 Å². The van der Waals surface area contributed by atoms with Gasteiger partial charge in [0.2, 0.25) is 11.9 Å². The molecule has 0 fully saturated rings.